The number of hydrogen-bond donors (Lipinski definition) is 2. The molecule has 2 aromatic rings. The van der Waals surface area contributed by atoms with Crippen LogP contribution in [0.3, 0.4) is 0 Å². The zero-order valence-corrected chi connectivity index (χ0v) is 13.1. The second-order valence-corrected chi connectivity index (χ2v) is 5.90. The van der Waals surface area contributed by atoms with Crippen LogP contribution in [0.4, 0.5) is 5.69 Å². The molecule has 116 valence electrons. The van der Waals surface area contributed by atoms with Gasteiger partial charge in [0.15, 0.2) is 5.82 Å². The number of piperazine rings is 1. The van der Waals surface area contributed by atoms with Crippen molar-refractivity contribution in [2.75, 3.05) is 31.1 Å². The maximum atomic E-state index is 9.41. The van der Waals surface area contributed by atoms with Crippen LogP contribution >= 0.6 is 0 Å². The lowest BCUT2D eigenvalue weighted by atomic mass is 10.1. The van der Waals surface area contributed by atoms with Crippen molar-refractivity contribution in [1.29, 1.82) is 0 Å². The zero-order valence-electron chi connectivity index (χ0n) is 13.1. The lowest BCUT2D eigenvalue weighted by molar-refractivity contribution is 0.475. The monoisotopic (exact) mass is 298 g/mol. The molecule has 0 spiro atoms. The molecule has 0 radical (unpaired) electrons. The number of phenols is 1. The van der Waals surface area contributed by atoms with Gasteiger partial charge in [0.25, 0.3) is 0 Å². The first-order chi connectivity index (χ1) is 10.6. The Morgan fingerprint density at radius 2 is 1.82 bits per heavy atom. The third-order valence-corrected chi connectivity index (χ3v) is 3.93. The van der Waals surface area contributed by atoms with E-state index >= 15 is 0 Å². The zero-order chi connectivity index (χ0) is 15.5. The number of benzene rings is 1. The van der Waals surface area contributed by atoms with Gasteiger partial charge in [-0.2, -0.15) is 0 Å². The Balaban J connectivity index is 1.97. The Morgan fingerprint density at radius 1 is 1.14 bits per heavy atom. The molecule has 0 amide bonds. The largest absolute Gasteiger partial charge is 0.508 e. The summed E-state index contributed by atoms with van der Waals surface area (Å²) >= 11 is 0. The number of hydrogen-bond acceptors (Lipinski definition) is 5. The fourth-order valence-corrected chi connectivity index (χ4v) is 2.71. The SMILES string of the molecule is CC(C)c1nc(-c2ccc(O)cc2)ncc1N1CCNCC1. The first-order valence-corrected chi connectivity index (χ1v) is 7.77. The summed E-state index contributed by atoms with van der Waals surface area (Å²) in [7, 11) is 0. The average Bonchev–Trinajstić information content (AvgIpc) is 2.56. The van der Waals surface area contributed by atoms with Crippen molar-refractivity contribution in [1.82, 2.24) is 15.3 Å². The van der Waals surface area contributed by atoms with Gasteiger partial charge in [0.05, 0.1) is 17.6 Å². The number of nitrogens with one attached hydrogen (secondary N) is 1. The van der Waals surface area contributed by atoms with Crippen LogP contribution in [0.2, 0.25) is 0 Å². The van der Waals surface area contributed by atoms with E-state index in [1.807, 2.05) is 18.3 Å². The van der Waals surface area contributed by atoms with Crippen molar-refractivity contribution in [3.63, 3.8) is 0 Å². The summed E-state index contributed by atoms with van der Waals surface area (Å²) in [5.41, 5.74) is 3.14. The lowest BCUT2D eigenvalue weighted by Crippen LogP contribution is -2.44. The number of rotatable bonds is 3. The minimum absolute atomic E-state index is 0.255. The molecule has 2 heterocycles. The summed E-state index contributed by atoms with van der Waals surface area (Å²) in [6.07, 6.45) is 1.94. The highest BCUT2D eigenvalue weighted by molar-refractivity contribution is 5.60. The van der Waals surface area contributed by atoms with Gasteiger partial charge in [-0.3, -0.25) is 0 Å². The first-order valence-electron chi connectivity index (χ1n) is 7.77. The van der Waals surface area contributed by atoms with E-state index in [4.69, 9.17) is 4.98 Å². The third kappa shape index (κ3) is 3.04. The van der Waals surface area contributed by atoms with E-state index < -0.39 is 0 Å². The van der Waals surface area contributed by atoms with E-state index in [9.17, 15) is 5.11 Å². The van der Waals surface area contributed by atoms with Crippen LogP contribution in [-0.4, -0.2) is 41.3 Å². The molecule has 0 aliphatic carbocycles. The molecule has 3 rings (SSSR count). The van der Waals surface area contributed by atoms with Crippen LogP contribution in [0, 0.1) is 0 Å². The average molecular weight is 298 g/mol. The predicted octanol–water partition coefficient (Wildman–Crippen LogP) is 2.38. The number of anilines is 1. The van der Waals surface area contributed by atoms with E-state index in [1.165, 1.54) is 0 Å². The van der Waals surface area contributed by atoms with Crippen LogP contribution in [-0.2, 0) is 0 Å². The van der Waals surface area contributed by atoms with E-state index in [0.717, 1.165) is 43.1 Å². The second-order valence-electron chi connectivity index (χ2n) is 5.90. The minimum atomic E-state index is 0.255. The van der Waals surface area contributed by atoms with Gasteiger partial charge in [0, 0.05) is 31.7 Å². The van der Waals surface area contributed by atoms with Gasteiger partial charge in [-0.15, -0.1) is 0 Å². The Kier molecular flexibility index (Phi) is 4.24. The maximum Gasteiger partial charge on any atom is 0.159 e. The molecule has 1 fully saturated rings. The van der Waals surface area contributed by atoms with Crippen LogP contribution in [0.5, 0.6) is 5.75 Å². The highest BCUT2D eigenvalue weighted by atomic mass is 16.3. The highest BCUT2D eigenvalue weighted by Gasteiger charge is 2.18. The van der Waals surface area contributed by atoms with E-state index in [1.54, 1.807) is 12.1 Å². The van der Waals surface area contributed by atoms with E-state index in [2.05, 4.69) is 29.0 Å². The number of phenolic OH excluding ortho intramolecular Hbond substituents is 1. The van der Waals surface area contributed by atoms with Gasteiger partial charge < -0.3 is 15.3 Å². The summed E-state index contributed by atoms with van der Waals surface area (Å²) < 4.78 is 0. The quantitative estimate of drug-likeness (QED) is 0.911. The van der Waals surface area contributed by atoms with E-state index in [-0.39, 0.29) is 5.75 Å². The molecule has 2 N–H and O–H groups in total. The summed E-state index contributed by atoms with van der Waals surface area (Å²) in [6, 6.07) is 7.02. The van der Waals surface area contributed by atoms with Crippen LogP contribution in [0.25, 0.3) is 11.4 Å². The summed E-state index contributed by atoms with van der Waals surface area (Å²) in [5, 5.41) is 12.8. The van der Waals surface area contributed by atoms with Crippen LogP contribution < -0.4 is 10.2 Å². The molecule has 1 saturated heterocycles. The summed E-state index contributed by atoms with van der Waals surface area (Å²) in [5.74, 6) is 1.30. The highest BCUT2D eigenvalue weighted by Crippen LogP contribution is 2.28. The Hall–Kier alpha value is -2.14. The molecule has 1 aliphatic heterocycles. The van der Waals surface area contributed by atoms with Crippen molar-refractivity contribution in [2.24, 2.45) is 0 Å². The van der Waals surface area contributed by atoms with Gasteiger partial charge in [-0.25, -0.2) is 9.97 Å². The van der Waals surface area contributed by atoms with Crippen molar-refractivity contribution < 1.29 is 5.11 Å². The van der Waals surface area contributed by atoms with E-state index in [0.29, 0.717) is 11.7 Å². The standard InChI is InChI=1S/C17H22N4O/c1-12(2)16-15(21-9-7-18-8-10-21)11-19-17(20-16)13-3-5-14(22)6-4-13/h3-6,11-12,18,22H,7-10H2,1-2H3. The number of nitrogens with zero attached hydrogens (tertiary/aromatic N) is 3. The van der Waals surface area contributed by atoms with Crippen molar-refractivity contribution in [3.8, 4) is 17.1 Å². The molecule has 5 heteroatoms. The molecule has 0 saturated carbocycles. The molecule has 5 nitrogen and oxygen atoms in total. The molecular formula is C17H22N4O. The predicted molar refractivity (Wildman–Crippen MR) is 88.3 cm³/mol. The van der Waals surface area contributed by atoms with Gasteiger partial charge in [-0.1, -0.05) is 13.8 Å². The molecular weight excluding hydrogens is 276 g/mol. The summed E-state index contributed by atoms with van der Waals surface area (Å²) in [4.78, 5) is 11.7. The number of aromatic hydroxyl groups is 1. The fraction of sp³-hybridized carbons (Fsp3) is 0.412. The Bertz CT molecular complexity index is 634. The minimum Gasteiger partial charge on any atom is -0.508 e. The first kappa shape index (κ1) is 14.8. The fourth-order valence-electron chi connectivity index (χ4n) is 2.71. The second kappa shape index (κ2) is 6.32. The van der Waals surface area contributed by atoms with Gasteiger partial charge >= 0.3 is 0 Å². The molecule has 1 aromatic heterocycles. The molecule has 0 unspecified atom stereocenters. The Morgan fingerprint density at radius 3 is 2.45 bits per heavy atom. The molecule has 1 aliphatic rings. The lowest BCUT2D eigenvalue weighted by Gasteiger charge is -2.31. The Labute approximate surface area is 131 Å². The van der Waals surface area contributed by atoms with Gasteiger partial charge in [0.1, 0.15) is 5.75 Å². The van der Waals surface area contributed by atoms with Crippen molar-refractivity contribution in [3.05, 3.63) is 36.2 Å². The molecule has 1 aromatic carbocycles. The van der Waals surface area contributed by atoms with Gasteiger partial charge in [-0.05, 0) is 30.2 Å². The van der Waals surface area contributed by atoms with Crippen LogP contribution in [0.15, 0.2) is 30.5 Å². The number of aromatic nitrogens is 2. The molecule has 0 bridgehead atoms. The molecule has 22 heavy (non-hydrogen) atoms. The smallest absolute Gasteiger partial charge is 0.159 e. The van der Waals surface area contributed by atoms with Crippen molar-refractivity contribution >= 4 is 5.69 Å². The van der Waals surface area contributed by atoms with Crippen molar-refractivity contribution in [2.45, 2.75) is 19.8 Å². The summed E-state index contributed by atoms with van der Waals surface area (Å²) in [6.45, 7) is 8.29. The normalized spacial score (nSPS) is 15.3. The topological polar surface area (TPSA) is 61.3 Å². The maximum absolute atomic E-state index is 9.41. The molecule has 0 atom stereocenters. The third-order valence-electron chi connectivity index (χ3n) is 3.93. The van der Waals surface area contributed by atoms with Gasteiger partial charge in [0.2, 0.25) is 0 Å². The van der Waals surface area contributed by atoms with Crippen LogP contribution in [0.1, 0.15) is 25.5 Å².